The second-order valence-corrected chi connectivity index (χ2v) is 11.6. The van der Waals surface area contributed by atoms with Crippen molar-refractivity contribution in [3.8, 4) is 0 Å². The van der Waals surface area contributed by atoms with Gasteiger partial charge in [-0.15, -0.1) is 11.3 Å². The third-order valence-electron chi connectivity index (χ3n) is 6.27. The molecule has 1 N–H and O–H groups in total. The van der Waals surface area contributed by atoms with Crippen LogP contribution in [0.15, 0.2) is 29.2 Å². The number of nitrogens with zero attached hydrogens (tertiary/aromatic N) is 1. The largest absolute Gasteiger partial charge is 0.462 e. The monoisotopic (exact) mass is 490 g/mol. The molecule has 1 saturated heterocycles. The van der Waals surface area contributed by atoms with Crippen molar-refractivity contribution in [2.24, 2.45) is 0 Å². The predicted octanol–water partition coefficient (Wildman–Crippen LogP) is 4.29. The molecule has 1 aliphatic heterocycles. The number of hydrogen-bond donors (Lipinski definition) is 1. The zero-order chi connectivity index (χ0) is 23.6. The van der Waals surface area contributed by atoms with Crippen molar-refractivity contribution in [1.82, 2.24) is 4.31 Å². The van der Waals surface area contributed by atoms with Crippen LogP contribution in [0, 0.1) is 6.92 Å². The van der Waals surface area contributed by atoms with E-state index in [4.69, 9.17) is 4.74 Å². The first kappa shape index (κ1) is 23.9. The fourth-order valence-electron chi connectivity index (χ4n) is 4.58. The molecular weight excluding hydrogens is 460 g/mol. The Hall–Kier alpha value is -2.23. The number of benzene rings is 1. The zero-order valence-electron chi connectivity index (χ0n) is 19.1. The summed E-state index contributed by atoms with van der Waals surface area (Å²) in [4.78, 5) is 27.4. The SMILES string of the molecule is CCOC(=O)c1c(NC(=O)C2CCCN2S(=O)(=O)c2ccc(C)cc2)sc2c1CCCCC2. The van der Waals surface area contributed by atoms with Gasteiger partial charge in [-0.25, -0.2) is 13.2 Å². The van der Waals surface area contributed by atoms with Crippen LogP contribution in [0.25, 0.3) is 0 Å². The fraction of sp³-hybridized carbons (Fsp3) is 0.500. The van der Waals surface area contributed by atoms with Crippen LogP contribution in [0.5, 0.6) is 0 Å². The Morgan fingerprint density at radius 1 is 1.12 bits per heavy atom. The van der Waals surface area contributed by atoms with Crippen molar-refractivity contribution in [3.05, 3.63) is 45.8 Å². The van der Waals surface area contributed by atoms with E-state index in [0.29, 0.717) is 30.0 Å². The second kappa shape index (κ2) is 9.95. The Balaban J connectivity index is 1.61. The van der Waals surface area contributed by atoms with E-state index in [1.165, 1.54) is 15.6 Å². The normalized spacial score (nSPS) is 19.0. The Morgan fingerprint density at radius 2 is 1.85 bits per heavy atom. The smallest absolute Gasteiger partial charge is 0.341 e. The summed E-state index contributed by atoms with van der Waals surface area (Å²) in [6, 6.07) is 5.85. The minimum Gasteiger partial charge on any atom is -0.462 e. The molecule has 0 bridgehead atoms. The van der Waals surface area contributed by atoms with Gasteiger partial charge in [0.2, 0.25) is 15.9 Å². The van der Waals surface area contributed by atoms with Gasteiger partial charge in [-0.05, 0) is 70.1 Å². The van der Waals surface area contributed by atoms with Gasteiger partial charge in [-0.2, -0.15) is 4.31 Å². The summed E-state index contributed by atoms with van der Waals surface area (Å²) in [6.45, 7) is 4.20. The molecular formula is C24H30N2O5S2. The lowest BCUT2D eigenvalue weighted by Gasteiger charge is -2.23. The highest BCUT2D eigenvalue weighted by molar-refractivity contribution is 7.89. The van der Waals surface area contributed by atoms with Crippen molar-refractivity contribution in [2.75, 3.05) is 18.5 Å². The Bertz CT molecular complexity index is 1140. The summed E-state index contributed by atoms with van der Waals surface area (Å²) in [7, 11) is -3.80. The number of anilines is 1. The Morgan fingerprint density at radius 3 is 2.58 bits per heavy atom. The number of fused-ring (bicyclic) bond motifs is 1. The number of esters is 1. The minimum atomic E-state index is -3.80. The number of hydrogen-bond acceptors (Lipinski definition) is 6. The summed E-state index contributed by atoms with van der Waals surface area (Å²) in [5.74, 6) is -0.826. The Kier molecular flexibility index (Phi) is 7.21. The molecule has 178 valence electrons. The van der Waals surface area contributed by atoms with Crippen LogP contribution in [0.2, 0.25) is 0 Å². The predicted molar refractivity (Wildman–Crippen MR) is 128 cm³/mol. The van der Waals surface area contributed by atoms with E-state index in [1.54, 1.807) is 31.2 Å². The number of aryl methyl sites for hydroxylation is 2. The molecule has 0 spiro atoms. The third-order valence-corrected chi connectivity index (χ3v) is 9.40. The van der Waals surface area contributed by atoms with Gasteiger partial charge in [0.05, 0.1) is 17.1 Å². The molecule has 2 heterocycles. The van der Waals surface area contributed by atoms with Crippen molar-refractivity contribution in [1.29, 1.82) is 0 Å². The number of thiophene rings is 1. The molecule has 1 unspecified atom stereocenters. The maximum absolute atomic E-state index is 13.3. The lowest BCUT2D eigenvalue weighted by molar-refractivity contribution is -0.119. The molecule has 1 fully saturated rings. The van der Waals surface area contributed by atoms with Gasteiger partial charge in [0.1, 0.15) is 11.0 Å². The van der Waals surface area contributed by atoms with Crippen LogP contribution in [0.4, 0.5) is 5.00 Å². The number of rotatable bonds is 6. The summed E-state index contributed by atoms with van der Waals surface area (Å²) < 4.78 is 33.1. The average Bonchev–Trinajstić information content (AvgIpc) is 3.34. The summed E-state index contributed by atoms with van der Waals surface area (Å²) in [6.07, 6.45) is 5.86. The molecule has 1 atom stereocenters. The topological polar surface area (TPSA) is 92.8 Å². The van der Waals surface area contributed by atoms with Gasteiger partial charge in [0.25, 0.3) is 0 Å². The van der Waals surface area contributed by atoms with Crippen molar-refractivity contribution >= 4 is 38.2 Å². The van der Waals surface area contributed by atoms with E-state index in [-0.39, 0.29) is 11.5 Å². The number of ether oxygens (including phenoxy) is 1. The second-order valence-electron chi connectivity index (χ2n) is 8.57. The van der Waals surface area contributed by atoms with Crippen LogP contribution in [0.1, 0.15) is 65.4 Å². The standard InChI is InChI=1S/C24H30N2O5S2/c1-3-31-24(28)21-18-8-5-4-6-10-20(18)32-23(21)25-22(27)19-9-7-15-26(19)33(29,30)17-13-11-16(2)12-14-17/h11-14,19H,3-10,15H2,1-2H3,(H,25,27). The molecule has 0 radical (unpaired) electrons. The third kappa shape index (κ3) is 4.85. The van der Waals surface area contributed by atoms with Crippen molar-refractivity contribution < 1.29 is 22.7 Å². The molecule has 1 aromatic carbocycles. The van der Waals surface area contributed by atoms with Gasteiger partial charge < -0.3 is 10.1 Å². The summed E-state index contributed by atoms with van der Waals surface area (Å²) in [5.41, 5.74) is 2.38. The van der Waals surface area contributed by atoms with Gasteiger partial charge in [0.15, 0.2) is 0 Å². The van der Waals surface area contributed by atoms with Crippen LogP contribution in [0.3, 0.4) is 0 Å². The van der Waals surface area contributed by atoms with E-state index in [9.17, 15) is 18.0 Å². The molecule has 9 heteroatoms. The van der Waals surface area contributed by atoms with Crippen molar-refractivity contribution in [2.45, 2.75) is 69.7 Å². The quantitative estimate of drug-likeness (QED) is 0.482. The molecule has 1 aromatic heterocycles. The molecule has 0 saturated carbocycles. The lowest BCUT2D eigenvalue weighted by atomic mass is 10.1. The lowest BCUT2D eigenvalue weighted by Crippen LogP contribution is -2.43. The van der Waals surface area contributed by atoms with Gasteiger partial charge >= 0.3 is 5.97 Å². The maximum Gasteiger partial charge on any atom is 0.341 e. The first-order valence-electron chi connectivity index (χ1n) is 11.5. The van der Waals surface area contributed by atoms with Crippen LogP contribution in [-0.4, -0.2) is 43.8 Å². The zero-order valence-corrected chi connectivity index (χ0v) is 20.7. The Labute approximate surface area is 199 Å². The van der Waals surface area contributed by atoms with E-state index in [1.807, 2.05) is 6.92 Å². The van der Waals surface area contributed by atoms with E-state index in [2.05, 4.69) is 5.32 Å². The summed E-state index contributed by atoms with van der Waals surface area (Å²) >= 11 is 1.42. The molecule has 4 rings (SSSR count). The van der Waals surface area contributed by atoms with Crippen molar-refractivity contribution in [3.63, 3.8) is 0 Å². The molecule has 1 amide bonds. The number of amides is 1. The highest BCUT2D eigenvalue weighted by Gasteiger charge is 2.40. The molecule has 1 aliphatic carbocycles. The molecule has 2 aromatic rings. The fourth-order valence-corrected chi connectivity index (χ4v) is 7.52. The highest BCUT2D eigenvalue weighted by Crippen LogP contribution is 2.38. The molecule has 2 aliphatic rings. The van der Waals surface area contributed by atoms with E-state index in [0.717, 1.165) is 48.1 Å². The highest BCUT2D eigenvalue weighted by atomic mass is 32.2. The first-order valence-corrected chi connectivity index (χ1v) is 13.8. The number of carbonyl (C=O) groups is 2. The van der Waals surface area contributed by atoms with Crippen LogP contribution in [-0.2, 0) is 32.4 Å². The van der Waals surface area contributed by atoms with E-state index < -0.39 is 27.9 Å². The number of sulfonamides is 1. The average molecular weight is 491 g/mol. The molecule has 7 nitrogen and oxygen atoms in total. The first-order chi connectivity index (χ1) is 15.8. The van der Waals surface area contributed by atoms with Crippen LogP contribution < -0.4 is 5.32 Å². The van der Waals surface area contributed by atoms with Gasteiger partial charge in [-0.3, -0.25) is 4.79 Å². The number of nitrogens with one attached hydrogen (secondary N) is 1. The van der Waals surface area contributed by atoms with E-state index >= 15 is 0 Å². The maximum atomic E-state index is 13.3. The minimum absolute atomic E-state index is 0.183. The van der Waals surface area contributed by atoms with Gasteiger partial charge in [-0.1, -0.05) is 24.1 Å². The van der Waals surface area contributed by atoms with Gasteiger partial charge in [0, 0.05) is 11.4 Å². The molecule has 33 heavy (non-hydrogen) atoms. The summed E-state index contributed by atoms with van der Waals surface area (Å²) in [5, 5.41) is 3.38. The van der Waals surface area contributed by atoms with Crippen LogP contribution >= 0.6 is 11.3 Å². The number of carbonyl (C=O) groups excluding carboxylic acids is 2.